The van der Waals surface area contributed by atoms with Gasteiger partial charge in [0.2, 0.25) is 0 Å². The number of nitrogen functional groups attached to an aromatic ring is 1. The van der Waals surface area contributed by atoms with Crippen LogP contribution in [0.3, 0.4) is 0 Å². The van der Waals surface area contributed by atoms with Gasteiger partial charge in [-0.05, 0) is 24.6 Å². The van der Waals surface area contributed by atoms with Crippen LogP contribution >= 0.6 is 0 Å². The summed E-state index contributed by atoms with van der Waals surface area (Å²) in [4.78, 5) is 0. The molecule has 4 N–H and O–H groups in total. The molecule has 0 spiro atoms. The van der Waals surface area contributed by atoms with Gasteiger partial charge < -0.3 is 5.73 Å². The van der Waals surface area contributed by atoms with Gasteiger partial charge in [-0.25, -0.2) is 0 Å². The minimum Gasteiger partial charge on any atom is -0.384 e. The molecule has 0 amide bonds. The highest BCUT2D eigenvalue weighted by atomic mass is 32.2. The maximum absolute atomic E-state index is 12.3. The lowest BCUT2D eigenvalue weighted by atomic mass is 10.1. The first-order chi connectivity index (χ1) is 9.33. The quantitative estimate of drug-likeness (QED) is 0.571. The van der Waals surface area contributed by atoms with Crippen LogP contribution in [0.2, 0.25) is 0 Å². The average molecular weight is 293 g/mol. The first kappa shape index (κ1) is 14.1. The van der Waals surface area contributed by atoms with E-state index in [9.17, 15) is 8.42 Å². The molecule has 106 valence electrons. The molecule has 20 heavy (non-hydrogen) atoms. The Morgan fingerprint density at radius 3 is 2.65 bits per heavy atom. The molecule has 0 fully saturated rings. The molecular formula is C12H15N5O2S. The van der Waals surface area contributed by atoms with Gasteiger partial charge in [-0.3, -0.25) is 14.8 Å². The minimum absolute atomic E-state index is 0.0357. The Hall–Kier alpha value is -2.35. The Bertz CT molecular complexity index is 764. The number of hydrogen-bond acceptors (Lipinski definition) is 4. The van der Waals surface area contributed by atoms with Crippen LogP contribution in [0, 0.1) is 12.3 Å². The van der Waals surface area contributed by atoms with Crippen molar-refractivity contribution in [2.24, 2.45) is 12.8 Å². The van der Waals surface area contributed by atoms with Gasteiger partial charge in [-0.15, -0.1) is 0 Å². The number of nitrogens with one attached hydrogen (secondary N) is 2. The Morgan fingerprint density at radius 2 is 2.10 bits per heavy atom. The Labute approximate surface area is 117 Å². The van der Waals surface area contributed by atoms with Gasteiger partial charge in [-0.1, -0.05) is 12.1 Å². The van der Waals surface area contributed by atoms with Gasteiger partial charge in [-0.2, -0.15) is 13.5 Å². The number of anilines is 1. The van der Waals surface area contributed by atoms with E-state index in [0.29, 0.717) is 5.56 Å². The SMILES string of the molecule is Cc1cccc(NS(=O)(=O)c2ccnn2C)c1C(=N)N. The highest BCUT2D eigenvalue weighted by Crippen LogP contribution is 2.22. The molecule has 0 radical (unpaired) electrons. The summed E-state index contributed by atoms with van der Waals surface area (Å²) in [7, 11) is -2.24. The van der Waals surface area contributed by atoms with Crippen molar-refractivity contribution < 1.29 is 8.42 Å². The van der Waals surface area contributed by atoms with Gasteiger partial charge in [0.05, 0.1) is 11.9 Å². The molecule has 8 heteroatoms. The summed E-state index contributed by atoms with van der Waals surface area (Å²) in [5, 5.41) is 11.4. The molecule has 1 aromatic heterocycles. The topological polar surface area (TPSA) is 114 Å². The third-order valence-electron chi connectivity index (χ3n) is 2.84. The third kappa shape index (κ3) is 2.50. The number of benzene rings is 1. The number of amidine groups is 1. The van der Waals surface area contributed by atoms with Gasteiger partial charge in [0.1, 0.15) is 5.84 Å². The normalized spacial score (nSPS) is 11.3. The number of hydrogen-bond donors (Lipinski definition) is 3. The predicted octanol–water partition coefficient (Wildman–Crippen LogP) is 0.813. The summed E-state index contributed by atoms with van der Waals surface area (Å²) >= 11 is 0. The number of aryl methyl sites for hydroxylation is 2. The summed E-state index contributed by atoms with van der Waals surface area (Å²) in [6.07, 6.45) is 1.40. The molecule has 0 saturated heterocycles. The van der Waals surface area contributed by atoms with Crippen molar-refractivity contribution in [3.8, 4) is 0 Å². The van der Waals surface area contributed by atoms with Gasteiger partial charge in [0.15, 0.2) is 5.03 Å². The van der Waals surface area contributed by atoms with Gasteiger partial charge in [0, 0.05) is 12.6 Å². The second-order valence-corrected chi connectivity index (χ2v) is 5.94. The van der Waals surface area contributed by atoms with Crippen LogP contribution < -0.4 is 10.5 Å². The van der Waals surface area contributed by atoms with Crippen LogP contribution in [0.4, 0.5) is 5.69 Å². The van der Waals surface area contributed by atoms with Crippen molar-refractivity contribution in [1.29, 1.82) is 5.41 Å². The second kappa shape index (κ2) is 4.97. The van der Waals surface area contributed by atoms with Crippen LogP contribution in [0.5, 0.6) is 0 Å². The second-order valence-electron chi connectivity index (χ2n) is 4.31. The maximum Gasteiger partial charge on any atom is 0.279 e. The third-order valence-corrected chi connectivity index (χ3v) is 4.28. The van der Waals surface area contributed by atoms with Crippen molar-refractivity contribution in [2.75, 3.05) is 4.72 Å². The van der Waals surface area contributed by atoms with Crippen LogP contribution in [-0.2, 0) is 17.1 Å². The van der Waals surface area contributed by atoms with Crippen molar-refractivity contribution in [3.63, 3.8) is 0 Å². The zero-order valence-corrected chi connectivity index (χ0v) is 11.9. The summed E-state index contributed by atoms with van der Waals surface area (Å²) in [6.45, 7) is 1.76. The van der Waals surface area contributed by atoms with E-state index >= 15 is 0 Å². The summed E-state index contributed by atoms with van der Waals surface area (Å²) in [6, 6.07) is 6.42. The van der Waals surface area contributed by atoms with E-state index in [1.807, 2.05) is 0 Å². The molecule has 0 saturated carbocycles. The van der Waals surface area contributed by atoms with E-state index in [1.165, 1.54) is 24.0 Å². The Kier molecular flexibility index (Phi) is 3.49. The van der Waals surface area contributed by atoms with E-state index < -0.39 is 10.0 Å². The van der Waals surface area contributed by atoms with Crippen LogP contribution in [-0.4, -0.2) is 24.0 Å². The van der Waals surface area contributed by atoms with Crippen LogP contribution in [0.25, 0.3) is 0 Å². The molecule has 0 bridgehead atoms. The van der Waals surface area contributed by atoms with E-state index in [-0.39, 0.29) is 16.5 Å². The predicted molar refractivity (Wildman–Crippen MR) is 76.2 cm³/mol. The largest absolute Gasteiger partial charge is 0.384 e. The fourth-order valence-corrected chi connectivity index (χ4v) is 3.13. The molecule has 2 rings (SSSR count). The zero-order chi connectivity index (χ0) is 14.9. The van der Waals surface area contributed by atoms with E-state index in [1.54, 1.807) is 25.1 Å². The Balaban J connectivity index is 2.48. The van der Waals surface area contributed by atoms with Gasteiger partial charge in [0.25, 0.3) is 10.0 Å². The van der Waals surface area contributed by atoms with Gasteiger partial charge >= 0.3 is 0 Å². The lowest BCUT2D eigenvalue weighted by Crippen LogP contribution is -2.21. The van der Waals surface area contributed by atoms with Crippen molar-refractivity contribution in [2.45, 2.75) is 11.9 Å². The lowest BCUT2D eigenvalue weighted by molar-refractivity contribution is 0.582. The zero-order valence-electron chi connectivity index (χ0n) is 11.1. The minimum atomic E-state index is -3.78. The van der Waals surface area contributed by atoms with Crippen molar-refractivity contribution in [1.82, 2.24) is 9.78 Å². The molecule has 0 aliphatic rings. The van der Waals surface area contributed by atoms with E-state index in [2.05, 4.69) is 9.82 Å². The molecule has 1 heterocycles. The number of sulfonamides is 1. The maximum atomic E-state index is 12.3. The van der Waals surface area contributed by atoms with Crippen molar-refractivity contribution in [3.05, 3.63) is 41.6 Å². The Morgan fingerprint density at radius 1 is 1.40 bits per heavy atom. The molecule has 7 nitrogen and oxygen atoms in total. The van der Waals surface area contributed by atoms with E-state index in [0.717, 1.165) is 5.56 Å². The first-order valence-corrected chi connectivity index (χ1v) is 7.26. The molecule has 1 aromatic carbocycles. The van der Waals surface area contributed by atoms with Crippen LogP contribution in [0.1, 0.15) is 11.1 Å². The number of aromatic nitrogens is 2. The fourth-order valence-electron chi connectivity index (χ4n) is 1.93. The number of rotatable bonds is 4. The molecule has 0 aliphatic heterocycles. The monoisotopic (exact) mass is 293 g/mol. The number of nitrogens with zero attached hydrogens (tertiary/aromatic N) is 2. The summed E-state index contributed by atoms with van der Waals surface area (Å²) in [5.74, 6) is -0.189. The smallest absolute Gasteiger partial charge is 0.279 e. The summed E-state index contributed by atoms with van der Waals surface area (Å²) in [5.41, 5.74) is 6.89. The summed E-state index contributed by atoms with van der Waals surface area (Å²) < 4.78 is 28.3. The molecule has 0 aliphatic carbocycles. The number of nitrogens with two attached hydrogens (primary N) is 1. The molecule has 0 atom stereocenters. The lowest BCUT2D eigenvalue weighted by Gasteiger charge is -2.13. The standard InChI is InChI=1S/C12H15N5O2S/c1-8-4-3-5-9(11(8)12(13)14)16-20(18,19)10-6-7-15-17(10)2/h3-7,16H,1-2H3,(H3,13,14). The fraction of sp³-hybridized carbons (Fsp3) is 0.167. The molecule has 0 unspecified atom stereocenters. The highest BCUT2D eigenvalue weighted by Gasteiger charge is 2.20. The van der Waals surface area contributed by atoms with Crippen molar-refractivity contribution >= 4 is 21.5 Å². The van der Waals surface area contributed by atoms with E-state index in [4.69, 9.17) is 11.1 Å². The van der Waals surface area contributed by atoms with Crippen LogP contribution in [0.15, 0.2) is 35.5 Å². The first-order valence-electron chi connectivity index (χ1n) is 5.78. The molecule has 2 aromatic rings. The molecular weight excluding hydrogens is 278 g/mol. The average Bonchev–Trinajstić information content (AvgIpc) is 2.75. The highest BCUT2D eigenvalue weighted by molar-refractivity contribution is 7.92.